The summed E-state index contributed by atoms with van der Waals surface area (Å²) in [7, 11) is 5.39. The van der Waals surface area contributed by atoms with Crippen LogP contribution in [-0.2, 0) is 28.6 Å². The molecule has 0 aromatic carbocycles. The summed E-state index contributed by atoms with van der Waals surface area (Å²) in [5.74, 6) is -1.77. The first-order valence-corrected chi connectivity index (χ1v) is 20.7. The Kier molecular flexibility index (Phi) is 33.5. The minimum atomic E-state index is -1.13. The smallest absolute Gasteiger partial charge is 0.306 e. The van der Waals surface area contributed by atoms with Crippen LogP contribution >= 0.6 is 0 Å². The number of carbonyl (C=O) groups is 3. The van der Waals surface area contributed by atoms with E-state index in [1.54, 1.807) is 21.1 Å². The summed E-state index contributed by atoms with van der Waals surface area (Å²) in [6, 6.07) is -0.729. The van der Waals surface area contributed by atoms with Crippen molar-refractivity contribution in [1.29, 1.82) is 0 Å². The lowest BCUT2D eigenvalue weighted by molar-refractivity contribution is -0.889. The second-order valence-electron chi connectivity index (χ2n) is 14.9. The summed E-state index contributed by atoms with van der Waals surface area (Å²) in [6.07, 6.45) is 39.9. The van der Waals surface area contributed by atoms with E-state index in [0.29, 0.717) is 12.8 Å². The molecule has 0 heterocycles. The van der Waals surface area contributed by atoms with Crippen LogP contribution in [0.2, 0.25) is 0 Å². The first-order chi connectivity index (χ1) is 25.1. The van der Waals surface area contributed by atoms with E-state index in [0.717, 1.165) is 64.2 Å². The molecule has 0 aromatic rings. The van der Waals surface area contributed by atoms with Crippen molar-refractivity contribution in [3.63, 3.8) is 0 Å². The van der Waals surface area contributed by atoms with E-state index >= 15 is 0 Å². The largest absolute Gasteiger partial charge is 0.544 e. The van der Waals surface area contributed by atoms with E-state index in [9.17, 15) is 19.5 Å². The van der Waals surface area contributed by atoms with E-state index in [1.807, 2.05) is 6.08 Å². The molecule has 0 amide bonds. The number of carbonyl (C=O) groups excluding carboxylic acids is 3. The SMILES string of the molecule is CC/C=C/C=C/C=C/CCCCCCCC(=O)OCC(COCCC(C(=O)[O-])[N+](C)(C)C)OC(=O)CCCCCCCCC/C=C/CCCCCC. The van der Waals surface area contributed by atoms with Gasteiger partial charge in [0.1, 0.15) is 12.6 Å². The molecule has 300 valence electrons. The third-order valence-electron chi connectivity index (χ3n) is 9.01. The summed E-state index contributed by atoms with van der Waals surface area (Å²) in [6.45, 7) is 4.48. The summed E-state index contributed by atoms with van der Waals surface area (Å²) in [4.78, 5) is 36.7. The lowest BCUT2D eigenvalue weighted by atomic mass is 10.1. The van der Waals surface area contributed by atoms with E-state index in [-0.39, 0.29) is 42.7 Å². The van der Waals surface area contributed by atoms with Crippen LogP contribution in [0.5, 0.6) is 0 Å². The second kappa shape index (κ2) is 35.3. The molecule has 2 atom stereocenters. The predicted molar refractivity (Wildman–Crippen MR) is 213 cm³/mol. The molecule has 0 saturated heterocycles. The van der Waals surface area contributed by atoms with Crippen molar-refractivity contribution in [3.8, 4) is 0 Å². The Bertz CT molecular complexity index is 995. The van der Waals surface area contributed by atoms with Gasteiger partial charge in [0.15, 0.2) is 6.10 Å². The Morgan fingerprint density at radius 2 is 1.10 bits per heavy atom. The molecule has 8 nitrogen and oxygen atoms in total. The van der Waals surface area contributed by atoms with Crippen molar-refractivity contribution in [2.75, 3.05) is 41.0 Å². The monoisotopic (exact) mass is 732 g/mol. The average Bonchev–Trinajstić information content (AvgIpc) is 3.09. The zero-order valence-corrected chi connectivity index (χ0v) is 34.0. The first-order valence-electron chi connectivity index (χ1n) is 20.7. The molecule has 0 radical (unpaired) electrons. The van der Waals surface area contributed by atoms with E-state index in [4.69, 9.17) is 14.2 Å². The van der Waals surface area contributed by atoms with Gasteiger partial charge in [-0.2, -0.15) is 0 Å². The Morgan fingerprint density at radius 3 is 1.63 bits per heavy atom. The number of carboxylic acid groups (broad SMARTS) is 1. The van der Waals surface area contributed by atoms with Gasteiger partial charge in [0.05, 0.1) is 40.3 Å². The van der Waals surface area contributed by atoms with E-state index in [2.05, 4.69) is 56.4 Å². The second-order valence-corrected chi connectivity index (χ2v) is 14.9. The molecular weight excluding hydrogens is 654 g/mol. The molecule has 8 heteroatoms. The van der Waals surface area contributed by atoms with Crippen LogP contribution in [0.4, 0.5) is 0 Å². The molecule has 0 saturated carbocycles. The Balaban J connectivity index is 4.42. The minimum absolute atomic E-state index is 0.0314. The number of nitrogens with zero attached hydrogens (tertiary/aromatic N) is 1. The lowest BCUT2D eigenvalue weighted by Crippen LogP contribution is -2.55. The number of quaternary nitrogens is 1. The van der Waals surface area contributed by atoms with Crippen LogP contribution in [0.15, 0.2) is 48.6 Å². The number of hydrogen-bond acceptors (Lipinski definition) is 7. The molecule has 0 aliphatic heterocycles. The van der Waals surface area contributed by atoms with Crippen LogP contribution in [0.3, 0.4) is 0 Å². The number of likely N-dealkylation sites (N-methyl/N-ethyl adjacent to an activating group) is 1. The van der Waals surface area contributed by atoms with Gasteiger partial charge >= 0.3 is 11.9 Å². The van der Waals surface area contributed by atoms with Gasteiger partial charge < -0.3 is 28.6 Å². The number of carboxylic acids is 1. The minimum Gasteiger partial charge on any atom is -0.544 e. The fraction of sp³-hybridized carbons (Fsp3) is 0.750. The fourth-order valence-electron chi connectivity index (χ4n) is 5.77. The maximum Gasteiger partial charge on any atom is 0.306 e. The Hall–Kier alpha value is -2.71. The summed E-state index contributed by atoms with van der Waals surface area (Å²) in [5.41, 5.74) is 0. The van der Waals surface area contributed by atoms with Crippen LogP contribution in [0, 0.1) is 0 Å². The number of unbranched alkanes of at least 4 members (excludes halogenated alkanes) is 16. The van der Waals surface area contributed by atoms with Crippen LogP contribution < -0.4 is 5.11 Å². The number of aliphatic carboxylic acids is 1. The first kappa shape index (κ1) is 49.3. The molecule has 2 unspecified atom stereocenters. The van der Waals surface area contributed by atoms with Crippen molar-refractivity contribution in [3.05, 3.63) is 48.6 Å². The number of ether oxygens (including phenoxy) is 3. The molecule has 52 heavy (non-hydrogen) atoms. The fourth-order valence-corrected chi connectivity index (χ4v) is 5.77. The Labute approximate surface area is 318 Å². The van der Waals surface area contributed by atoms with Gasteiger partial charge in [-0.15, -0.1) is 0 Å². The zero-order valence-electron chi connectivity index (χ0n) is 34.0. The Morgan fingerprint density at radius 1 is 0.596 bits per heavy atom. The zero-order chi connectivity index (χ0) is 38.5. The van der Waals surface area contributed by atoms with Crippen LogP contribution in [0.25, 0.3) is 0 Å². The lowest BCUT2D eigenvalue weighted by Gasteiger charge is -2.34. The molecular formula is C44H77NO7. The third kappa shape index (κ3) is 33.1. The summed E-state index contributed by atoms with van der Waals surface area (Å²) >= 11 is 0. The predicted octanol–water partition coefficient (Wildman–Crippen LogP) is 9.52. The van der Waals surface area contributed by atoms with Gasteiger partial charge in [0.2, 0.25) is 0 Å². The van der Waals surface area contributed by atoms with Crippen molar-refractivity contribution < 1.29 is 38.2 Å². The maximum atomic E-state index is 12.7. The van der Waals surface area contributed by atoms with Crippen molar-refractivity contribution in [1.82, 2.24) is 0 Å². The maximum absolute atomic E-state index is 12.7. The highest BCUT2D eigenvalue weighted by molar-refractivity contribution is 5.70. The van der Waals surface area contributed by atoms with Crippen molar-refractivity contribution >= 4 is 17.9 Å². The third-order valence-corrected chi connectivity index (χ3v) is 9.01. The molecule has 0 aromatic heterocycles. The summed E-state index contributed by atoms with van der Waals surface area (Å²) < 4.78 is 17.1. The van der Waals surface area contributed by atoms with Gasteiger partial charge in [-0.3, -0.25) is 9.59 Å². The molecule has 0 aliphatic carbocycles. The number of esters is 2. The van der Waals surface area contributed by atoms with Crippen molar-refractivity contribution in [2.24, 2.45) is 0 Å². The average molecular weight is 732 g/mol. The van der Waals surface area contributed by atoms with E-state index in [1.165, 1.54) is 64.2 Å². The van der Waals surface area contributed by atoms with Gasteiger partial charge in [0.25, 0.3) is 0 Å². The highest BCUT2D eigenvalue weighted by atomic mass is 16.6. The van der Waals surface area contributed by atoms with Gasteiger partial charge in [0, 0.05) is 19.3 Å². The molecule has 0 rings (SSSR count). The van der Waals surface area contributed by atoms with Crippen LogP contribution in [0.1, 0.15) is 162 Å². The van der Waals surface area contributed by atoms with Crippen LogP contribution in [-0.4, -0.2) is 75.5 Å². The van der Waals surface area contributed by atoms with Gasteiger partial charge in [-0.1, -0.05) is 133 Å². The molecule has 0 spiro atoms. The molecule has 0 fully saturated rings. The van der Waals surface area contributed by atoms with Gasteiger partial charge in [-0.25, -0.2) is 0 Å². The molecule has 0 N–H and O–H groups in total. The molecule has 0 aliphatic rings. The van der Waals surface area contributed by atoms with E-state index < -0.39 is 18.1 Å². The standard InChI is InChI=1S/C44H77NO7/c1-6-8-10-12-14-16-18-20-21-23-25-27-29-31-33-35-43(47)52-40(38-50-37-36-41(44(48)49)45(3,4)5)39-51-42(46)34-32-30-28-26-24-22-19-17-15-13-11-9-7-2/h9,11,13,15-19,40-41H,6-8,10,12,14,20-39H2,1-5H3/b11-9+,15-13+,18-16+,19-17+. The number of rotatable bonds is 36. The highest BCUT2D eigenvalue weighted by Gasteiger charge is 2.25. The van der Waals surface area contributed by atoms with Crippen molar-refractivity contribution in [2.45, 2.75) is 174 Å². The normalized spacial score (nSPS) is 13.5. The van der Waals surface area contributed by atoms with Gasteiger partial charge in [-0.05, 0) is 57.8 Å². The number of allylic oxidation sites excluding steroid dienone is 8. The highest BCUT2D eigenvalue weighted by Crippen LogP contribution is 2.13. The topological polar surface area (TPSA) is 102 Å². The molecule has 0 bridgehead atoms. The quantitative estimate of drug-likeness (QED) is 0.0208. The number of hydrogen-bond donors (Lipinski definition) is 0. The summed E-state index contributed by atoms with van der Waals surface area (Å²) in [5, 5.41) is 11.6.